The van der Waals surface area contributed by atoms with E-state index in [0.29, 0.717) is 6.42 Å². The van der Waals surface area contributed by atoms with Gasteiger partial charge in [0.25, 0.3) is 0 Å². The molecule has 0 bridgehead atoms. The molecular weight excluding hydrogens is 759 g/mol. The Morgan fingerprint density at radius 2 is 0.726 bits per heavy atom. The minimum absolute atomic E-state index is 0.0799. The molecule has 0 aromatic carbocycles. The lowest BCUT2D eigenvalue weighted by atomic mass is 10.0. The molecule has 1 amide bonds. The number of allylic oxidation sites excluding steroid dienone is 13. The van der Waals surface area contributed by atoms with Gasteiger partial charge in [0.2, 0.25) is 5.91 Å². The van der Waals surface area contributed by atoms with Gasteiger partial charge in [-0.3, -0.25) is 4.79 Å². The van der Waals surface area contributed by atoms with Crippen molar-refractivity contribution in [1.29, 1.82) is 0 Å². The average Bonchev–Trinajstić information content (AvgIpc) is 3.28. The van der Waals surface area contributed by atoms with E-state index in [1.807, 2.05) is 6.08 Å². The molecular formula is C58H103NO3. The summed E-state index contributed by atoms with van der Waals surface area (Å²) >= 11 is 0. The molecule has 62 heavy (non-hydrogen) atoms. The van der Waals surface area contributed by atoms with Crippen molar-refractivity contribution in [1.82, 2.24) is 5.32 Å². The monoisotopic (exact) mass is 862 g/mol. The van der Waals surface area contributed by atoms with Crippen LogP contribution in [0.1, 0.15) is 258 Å². The zero-order valence-corrected chi connectivity index (χ0v) is 41.1. The third kappa shape index (κ3) is 48.6. The zero-order chi connectivity index (χ0) is 44.9. The van der Waals surface area contributed by atoms with Gasteiger partial charge in [-0.25, -0.2) is 0 Å². The summed E-state index contributed by atoms with van der Waals surface area (Å²) in [7, 11) is 0. The third-order valence-electron chi connectivity index (χ3n) is 11.8. The summed E-state index contributed by atoms with van der Waals surface area (Å²) in [6.45, 7) is 4.19. The van der Waals surface area contributed by atoms with Crippen LogP contribution >= 0.6 is 0 Å². The van der Waals surface area contributed by atoms with Gasteiger partial charge in [0.1, 0.15) is 0 Å². The van der Waals surface area contributed by atoms with Crippen molar-refractivity contribution in [2.24, 2.45) is 0 Å². The number of carbonyl (C=O) groups excluding carboxylic acids is 1. The van der Waals surface area contributed by atoms with Gasteiger partial charge in [-0.15, -0.1) is 0 Å². The minimum Gasteiger partial charge on any atom is -0.394 e. The van der Waals surface area contributed by atoms with Gasteiger partial charge in [-0.2, -0.15) is 0 Å². The minimum atomic E-state index is -0.875. The summed E-state index contributed by atoms with van der Waals surface area (Å²) in [5.41, 5.74) is 0. The van der Waals surface area contributed by atoms with Crippen molar-refractivity contribution in [2.75, 3.05) is 6.61 Å². The fourth-order valence-corrected chi connectivity index (χ4v) is 7.79. The second kappa shape index (κ2) is 52.9. The summed E-state index contributed by atoms with van der Waals surface area (Å²) < 4.78 is 0. The molecule has 0 heterocycles. The highest BCUT2D eigenvalue weighted by Crippen LogP contribution is 2.15. The van der Waals surface area contributed by atoms with Crippen molar-refractivity contribution in [3.63, 3.8) is 0 Å². The quantitative estimate of drug-likeness (QED) is 0.0422. The molecule has 0 aromatic heterocycles. The van der Waals surface area contributed by atoms with Gasteiger partial charge < -0.3 is 15.5 Å². The first kappa shape index (κ1) is 59.6. The number of aliphatic hydroxyl groups excluding tert-OH is 2. The van der Waals surface area contributed by atoms with Crippen LogP contribution in [0.15, 0.2) is 85.1 Å². The van der Waals surface area contributed by atoms with Gasteiger partial charge in [-0.1, -0.05) is 253 Å². The molecule has 0 aliphatic carbocycles. The lowest BCUT2D eigenvalue weighted by molar-refractivity contribution is -0.123. The Hall–Kier alpha value is -2.43. The van der Waals surface area contributed by atoms with Crippen molar-refractivity contribution in [3.8, 4) is 0 Å². The standard InChI is InChI=1S/C58H103NO3/c1-3-5-7-9-11-13-15-17-19-21-23-25-27-28-29-30-32-34-36-38-40-42-44-46-48-50-52-54-58(62)59-56(55-60)57(61)53-51-49-47-45-43-41-39-37-35-33-31-26-24-22-20-18-16-14-12-10-8-6-4-2/h5,7,11,13,17,19,23,25,35,37,43,45,51,53,56-57,60-61H,3-4,6,8-10,12,14-16,18,20-22,24,26-34,36,38-42,44,46-50,52,54-55H2,1-2H3,(H,59,62)/b7-5-,13-11-,19-17-,25-23-,37-35+,45-43+,53-51+. The first-order valence-electron chi connectivity index (χ1n) is 26.8. The highest BCUT2D eigenvalue weighted by Gasteiger charge is 2.17. The number of amides is 1. The SMILES string of the molecule is CC/C=C\C/C=C\C/C=C\C/C=C\CCCCCCCCCCCCCCCCC(=O)NC(CO)C(O)/C=C/CC/C=C/CC/C=C/CCCCCCCCCCCCCCC. The Morgan fingerprint density at radius 1 is 0.403 bits per heavy atom. The third-order valence-corrected chi connectivity index (χ3v) is 11.8. The van der Waals surface area contributed by atoms with E-state index in [2.05, 4.69) is 92.1 Å². The Morgan fingerprint density at radius 3 is 1.13 bits per heavy atom. The molecule has 2 unspecified atom stereocenters. The Kier molecular flexibility index (Phi) is 50.8. The highest BCUT2D eigenvalue weighted by molar-refractivity contribution is 5.76. The summed E-state index contributed by atoms with van der Waals surface area (Å²) in [4.78, 5) is 12.5. The van der Waals surface area contributed by atoms with Gasteiger partial charge in [0, 0.05) is 6.42 Å². The topological polar surface area (TPSA) is 69.6 Å². The summed E-state index contributed by atoms with van der Waals surface area (Å²) in [6, 6.07) is -0.651. The summed E-state index contributed by atoms with van der Waals surface area (Å²) in [5, 5.41) is 23.1. The lowest BCUT2D eigenvalue weighted by Crippen LogP contribution is -2.45. The second-order valence-corrected chi connectivity index (χ2v) is 17.9. The lowest BCUT2D eigenvalue weighted by Gasteiger charge is -2.19. The number of nitrogens with one attached hydrogen (secondary N) is 1. The smallest absolute Gasteiger partial charge is 0.220 e. The normalized spacial score (nSPS) is 13.5. The van der Waals surface area contributed by atoms with Gasteiger partial charge in [-0.05, 0) is 83.5 Å². The maximum absolute atomic E-state index is 12.5. The maximum Gasteiger partial charge on any atom is 0.220 e. The van der Waals surface area contributed by atoms with E-state index in [9.17, 15) is 15.0 Å². The van der Waals surface area contributed by atoms with Crippen LogP contribution in [0.2, 0.25) is 0 Å². The number of hydrogen-bond donors (Lipinski definition) is 3. The van der Waals surface area contributed by atoms with Crippen LogP contribution in [0.5, 0.6) is 0 Å². The summed E-state index contributed by atoms with van der Waals surface area (Å²) in [5.74, 6) is -0.0799. The van der Waals surface area contributed by atoms with Crippen LogP contribution < -0.4 is 5.32 Å². The number of carbonyl (C=O) groups is 1. The molecule has 0 radical (unpaired) electrons. The van der Waals surface area contributed by atoms with Crippen LogP contribution in [0.3, 0.4) is 0 Å². The van der Waals surface area contributed by atoms with E-state index in [1.165, 1.54) is 173 Å². The molecule has 0 saturated heterocycles. The predicted molar refractivity (Wildman–Crippen MR) is 276 cm³/mol. The number of unbranched alkanes of at least 4 members (excludes halogenated alkanes) is 29. The van der Waals surface area contributed by atoms with Gasteiger partial charge >= 0.3 is 0 Å². The molecule has 4 heteroatoms. The van der Waals surface area contributed by atoms with Crippen molar-refractivity contribution in [3.05, 3.63) is 85.1 Å². The fraction of sp³-hybridized carbons (Fsp3) is 0.741. The van der Waals surface area contributed by atoms with Crippen LogP contribution in [0.25, 0.3) is 0 Å². The molecule has 3 N–H and O–H groups in total. The molecule has 0 aliphatic rings. The van der Waals surface area contributed by atoms with E-state index in [4.69, 9.17) is 0 Å². The fourth-order valence-electron chi connectivity index (χ4n) is 7.79. The second-order valence-electron chi connectivity index (χ2n) is 17.9. The highest BCUT2D eigenvalue weighted by atomic mass is 16.3. The van der Waals surface area contributed by atoms with Crippen LogP contribution in [0.4, 0.5) is 0 Å². The molecule has 358 valence electrons. The van der Waals surface area contributed by atoms with E-state index >= 15 is 0 Å². The molecule has 2 atom stereocenters. The molecule has 0 saturated carbocycles. The molecule has 0 aromatic rings. The first-order chi connectivity index (χ1) is 30.7. The van der Waals surface area contributed by atoms with E-state index in [0.717, 1.165) is 64.2 Å². The Labute approximate surface area is 386 Å². The first-order valence-corrected chi connectivity index (χ1v) is 26.8. The molecule has 0 fully saturated rings. The van der Waals surface area contributed by atoms with Crippen LogP contribution in [-0.2, 0) is 4.79 Å². The molecule has 0 rings (SSSR count). The zero-order valence-electron chi connectivity index (χ0n) is 41.1. The molecule has 0 aliphatic heterocycles. The van der Waals surface area contributed by atoms with Gasteiger partial charge in [0.15, 0.2) is 0 Å². The van der Waals surface area contributed by atoms with Crippen LogP contribution in [-0.4, -0.2) is 34.9 Å². The number of hydrogen-bond acceptors (Lipinski definition) is 3. The predicted octanol–water partition coefficient (Wildman–Crippen LogP) is 17.6. The molecule has 4 nitrogen and oxygen atoms in total. The van der Waals surface area contributed by atoms with Crippen LogP contribution in [0, 0.1) is 0 Å². The largest absolute Gasteiger partial charge is 0.394 e. The Balaban J connectivity index is 3.59. The number of rotatable bonds is 48. The van der Waals surface area contributed by atoms with E-state index < -0.39 is 12.1 Å². The van der Waals surface area contributed by atoms with Crippen molar-refractivity contribution in [2.45, 2.75) is 270 Å². The average molecular weight is 862 g/mol. The maximum atomic E-state index is 12.5. The van der Waals surface area contributed by atoms with Gasteiger partial charge in [0.05, 0.1) is 18.8 Å². The number of aliphatic hydroxyl groups is 2. The molecule has 0 spiro atoms. The Bertz CT molecular complexity index is 1110. The summed E-state index contributed by atoms with van der Waals surface area (Å²) in [6.07, 6.45) is 77.3. The van der Waals surface area contributed by atoms with E-state index in [-0.39, 0.29) is 12.5 Å². The van der Waals surface area contributed by atoms with E-state index in [1.54, 1.807) is 6.08 Å². The van der Waals surface area contributed by atoms with Crippen molar-refractivity contribution >= 4 is 5.91 Å². The van der Waals surface area contributed by atoms with Crippen molar-refractivity contribution < 1.29 is 15.0 Å².